The van der Waals surface area contributed by atoms with Crippen molar-refractivity contribution in [3.8, 4) is 0 Å². The number of likely N-dealkylation sites (tertiary alicyclic amines) is 1. The van der Waals surface area contributed by atoms with Gasteiger partial charge in [0.25, 0.3) is 0 Å². The number of amides is 2. The first-order valence-electron chi connectivity index (χ1n) is 10.4. The first-order chi connectivity index (χ1) is 14.5. The summed E-state index contributed by atoms with van der Waals surface area (Å²) in [5, 5.41) is 3.80. The van der Waals surface area contributed by atoms with Crippen molar-refractivity contribution in [3.05, 3.63) is 46.8 Å². The molecule has 0 unspecified atom stereocenters. The molecule has 1 saturated carbocycles. The number of hydrogen-bond acceptors (Lipinski definition) is 4. The van der Waals surface area contributed by atoms with Crippen LogP contribution in [0, 0.1) is 6.57 Å². The zero-order chi connectivity index (χ0) is 21.3. The minimum absolute atomic E-state index is 0.0167. The molecule has 1 N–H and O–H groups in total. The molecular formula is C22H26ClN5O2. The summed E-state index contributed by atoms with van der Waals surface area (Å²) in [4.78, 5) is 33.8. The van der Waals surface area contributed by atoms with Crippen molar-refractivity contribution in [1.82, 2.24) is 14.7 Å². The van der Waals surface area contributed by atoms with E-state index in [-0.39, 0.29) is 18.4 Å². The molecule has 7 nitrogen and oxygen atoms in total. The molecule has 2 aliphatic heterocycles. The number of piperazine rings is 1. The molecule has 2 saturated heterocycles. The van der Waals surface area contributed by atoms with Gasteiger partial charge < -0.3 is 15.1 Å². The molecule has 4 rings (SSSR count). The highest BCUT2D eigenvalue weighted by molar-refractivity contribution is 6.32. The molecule has 0 spiro atoms. The van der Waals surface area contributed by atoms with E-state index in [2.05, 4.69) is 21.6 Å². The van der Waals surface area contributed by atoms with Gasteiger partial charge in [-0.05, 0) is 42.5 Å². The zero-order valence-corrected chi connectivity index (χ0v) is 17.7. The van der Waals surface area contributed by atoms with Gasteiger partial charge in [-0.15, -0.1) is 0 Å². The summed E-state index contributed by atoms with van der Waals surface area (Å²) in [5.41, 5.74) is 2.20. The predicted octanol–water partition coefficient (Wildman–Crippen LogP) is 2.72. The van der Waals surface area contributed by atoms with Crippen LogP contribution in [0.25, 0.3) is 4.85 Å². The Labute approximate surface area is 182 Å². The summed E-state index contributed by atoms with van der Waals surface area (Å²) in [6.45, 7) is 15.5. The first kappa shape index (κ1) is 20.7. The Morgan fingerprint density at radius 2 is 1.90 bits per heavy atom. The standard InChI is InChI=1S/C22H26ClN5O2/c1-3-21(29)28-13-16(14-28)26-6-8-27(9-7-26)22(30)12-25-20-10-17(15-4-5-15)18(23)11-19(20)24-2/h3,10-11,15-16,25H,1,4-9,12-14H2. The first-order valence-corrected chi connectivity index (χ1v) is 10.8. The maximum Gasteiger partial charge on any atom is 0.246 e. The van der Waals surface area contributed by atoms with Crippen molar-refractivity contribution >= 4 is 34.8 Å². The van der Waals surface area contributed by atoms with E-state index in [9.17, 15) is 9.59 Å². The zero-order valence-electron chi connectivity index (χ0n) is 16.9. The summed E-state index contributed by atoms with van der Waals surface area (Å²) >= 11 is 6.31. The van der Waals surface area contributed by atoms with E-state index in [4.69, 9.17) is 18.2 Å². The Hall–Kier alpha value is -2.56. The van der Waals surface area contributed by atoms with Gasteiger partial charge in [-0.25, -0.2) is 4.85 Å². The molecule has 8 heteroatoms. The molecule has 158 valence electrons. The van der Waals surface area contributed by atoms with Gasteiger partial charge in [-0.2, -0.15) is 0 Å². The Morgan fingerprint density at radius 3 is 2.50 bits per heavy atom. The number of carbonyl (C=O) groups excluding carboxylic acids is 2. The molecule has 1 aromatic rings. The van der Waals surface area contributed by atoms with Gasteiger partial charge in [0.1, 0.15) is 0 Å². The van der Waals surface area contributed by atoms with Crippen molar-refractivity contribution in [1.29, 1.82) is 0 Å². The van der Waals surface area contributed by atoms with Gasteiger partial charge in [0.2, 0.25) is 17.5 Å². The second-order valence-corrected chi connectivity index (χ2v) is 8.56. The maximum atomic E-state index is 12.7. The van der Waals surface area contributed by atoms with Gasteiger partial charge in [0.05, 0.1) is 13.1 Å². The lowest BCUT2D eigenvalue weighted by Gasteiger charge is -2.47. The lowest BCUT2D eigenvalue weighted by atomic mass is 10.1. The molecule has 0 aromatic heterocycles. The fourth-order valence-electron chi connectivity index (χ4n) is 4.14. The van der Waals surface area contributed by atoms with E-state index in [1.165, 1.54) is 6.08 Å². The van der Waals surface area contributed by atoms with E-state index < -0.39 is 0 Å². The Bertz CT molecular complexity index is 894. The molecular weight excluding hydrogens is 402 g/mol. The van der Waals surface area contributed by atoms with E-state index >= 15 is 0 Å². The third-order valence-corrected chi connectivity index (χ3v) is 6.54. The van der Waals surface area contributed by atoms with Crippen molar-refractivity contribution in [2.45, 2.75) is 24.8 Å². The number of rotatable bonds is 6. The van der Waals surface area contributed by atoms with Crippen molar-refractivity contribution < 1.29 is 9.59 Å². The SMILES string of the molecule is [C-]#[N+]c1cc(Cl)c(C2CC2)cc1NCC(=O)N1CCN(C2CN(C(=O)C=C)C2)CC1. The number of benzene rings is 1. The van der Waals surface area contributed by atoms with Crippen LogP contribution in [0.15, 0.2) is 24.8 Å². The molecule has 2 amide bonds. The van der Waals surface area contributed by atoms with Crippen LogP contribution in [0.1, 0.15) is 24.3 Å². The lowest BCUT2D eigenvalue weighted by molar-refractivity contribution is -0.135. The van der Waals surface area contributed by atoms with Gasteiger partial charge in [0, 0.05) is 56.0 Å². The molecule has 0 bridgehead atoms. The summed E-state index contributed by atoms with van der Waals surface area (Å²) in [6.07, 6.45) is 3.61. The largest absolute Gasteiger partial charge is 0.385 e. The molecule has 0 atom stereocenters. The summed E-state index contributed by atoms with van der Waals surface area (Å²) in [5.74, 6) is 0.494. The minimum atomic E-state index is -0.0167. The van der Waals surface area contributed by atoms with E-state index in [0.29, 0.717) is 41.4 Å². The Balaban J connectivity index is 1.27. The van der Waals surface area contributed by atoms with Crippen LogP contribution < -0.4 is 5.32 Å². The highest BCUT2D eigenvalue weighted by atomic mass is 35.5. The molecule has 2 heterocycles. The van der Waals surface area contributed by atoms with Crippen molar-refractivity contribution in [2.75, 3.05) is 51.1 Å². The second kappa shape index (κ2) is 8.66. The van der Waals surface area contributed by atoms with Crippen LogP contribution in [-0.2, 0) is 9.59 Å². The van der Waals surface area contributed by atoms with Gasteiger partial charge in [-0.1, -0.05) is 18.2 Å². The number of carbonyl (C=O) groups is 2. The van der Waals surface area contributed by atoms with Crippen LogP contribution in [-0.4, -0.2) is 78.4 Å². The third kappa shape index (κ3) is 4.30. The fraction of sp³-hybridized carbons (Fsp3) is 0.500. The van der Waals surface area contributed by atoms with Crippen LogP contribution in [0.5, 0.6) is 0 Å². The summed E-state index contributed by atoms with van der Waals surface area (Å²) in [6, 6.07) is 4.01. The predicted molar refractivity (Wildman–Crippen MR) is 117 cm³/mol. The molecule has 0 radical (unpaired) electrons. The van der Waals surface area contributed by atoms with Crippen LogP contribution in [0.3, 0.4) is 0 Å². The number of nitrogens with zero attached hydrogens (tertiary/aromatic N) is 4. The average molecular weight is 428 g/mol. The highest BCUT2D eigenvalue weighted by Gasteiger charge is 2.35. The Kier molecular flexibility index (Phi) is 5.98. The fourth-order valence-corrected chi connectivity index (χ4v) is 4.45. The number of halogens is 1. The van der Waals surface area contributed by atoms with E-state index in [1.54, 1.807) is 11.0 Å². The molecule has 1 aliphatic carbocycles. The average Bonchev–Trinajstić information content (AvgIpc) is 3.56. The smallest absolute Gasteiger partial charge is 0.246 e. The monoisotopic (exact) mass is 427 g/mol. The topological polar surface area (TPSA) is 60.3 Å². The lowest BCUT2D eigenvalue weighted by Crippen LogP contribution is -2.64. The molecule has 3 fully saturated rings. The Morgan fingerprint density at radius 1 is 1.20 bits per heavy atom. The van der Waals surface area contributed by atoms with Crippen LogP contribution in [0.2, 0.25) is 5.02 Å². The normalized spacial score (nSPS) is 19.7. The highest BCUT2D eigenvalue weighted by Crippen LogP contribution is 2.46. The quantitative estimate of drug-likeness (QED) is 0.560. The van der Waals surface area contributed by atoms with Gasteiger partial charge in [0.15, 0.2) is 0 Å². The minimum Gasteiger partial charge on any atom is -0.385 e. The summed E-state index contributed by atoms with van der Waals surface area (Å²) < 4.78 is 0. The van der Waals surface area contributed by atoms with Gasteiger partial charge >= 0.3 is 0 Å². The van der Waals surface area contributed by atoms with Crippen LogP contribution in [0.4, 0.5) is 11.4 Å². The second-order valence-electron chi connectivity index (χ2n) is 8.15. The molecule has 3 aliphatic rings. The van der Waals surface area contributed by atoms with E-state index in [1.807, 2.05) is 11.0 Å². The number of nitrogens with one attached hydrogen (secondary N) is 1. The molecule has 30 heavy (non-hydrogen) atoms. The van der Waals surface area contributed by atoms with E-state index in [0.717, 1.165) is 44.6 Å². The third-order valence-electron chi connectivity index (χ3n) is 6.21. The van der Waals surface area contributed by atoms with Gasteiger partial charge in [-0.3, -0.25) is 14.5 Å². The number of anilines is 1. The molecule has 1 aromatic carbocycles. The van der Waals surface area contributed by atoms with Crippen molar-refractivity contribution in [2.24, 2.45) is 0 Å². The number of hydrogen-bond donors (Lipinski definition) is 1. The van der Waals surface area contributed by atoms with Crippen molar-refractivity contribution in [3.63, 3.8) is 0 Å². The van der Waals surface area contributed by atoms with Crippen LogP contribution >= 0.6 is 11.6 Å². The summed E-state index contributed by atoms with van der Waals surface area (Å²) in [7, 11) is 0. The maximum absolute atomic E-state index is 12.7.